The minimum absolute atomic E-state index is 0.235. The molecule has 36 heavy (non-hydrogen) atoms. The van der Waals surface area contributed by atoms with E-state index in [2.05, 4.69) is 0 Å². The van der Waals surface area contributed by atoms with E-state index in [1.807, 2.05) is 77.1 Å². The predicted molar refractivity (Wildman–Crippen MR) is 145 cm³/mol. The molecule has 4 N–H and O–H groups in total. The van der Waals surface area contributed by atoms with Crippen molar-refractivity contribution in [2.45, 2.75) is 53.9 Å². The van der Waals surface area contributed by atoms with Gasteiger partial charge < -0.3 is 20.4 Å². The van der Waals surface area contributed by atoms with Gasteiger partial charge in [0.1, 0.15) is 23.0 Å². The van der Waals surface area contributed by atoms with Gasteiger partial charge in [0.2, 0.25) is 0 Å². The van der Waals surface area contributed by atoms with Crippen LogP contribution in [-0.2, 0) is 19.3 Å². The maximum atomic E-state index is 11.2. The first-order valence-electron chi connectivity index (χ1n) is 12.2. The Morgan fingerprint density at radius 2 is 0.917 bits per heavy atom. The molecule has 0 bridgehead atoms. The highest BCUT2D eigenvalue weighted by atomic mass is 16.3. The fourth-order valence-corrected chi connectivity index (χ4v) is 4.92. The summed E-state index contributed by atoms with van der Waals surface area (Å²) in [7, 11) is 0. The third-order valence-electron chi connectivity index (χ3n) is 6.90. The van der Waals surface area contributed by atoms with Crippen molar-refractivity contribution in [3.05, 3.63) is 116 Å². The Labute approximate surface area is 213 Å². The van der Waals surface area contributed by atoms with E-state index in [0.717, 1.165) is 61.2 Å². The highest BCUT2D eigenvalue weighted by Gasteiger charge is 2.16. The Bertz CT molecular complexity index is 1450. The summed E-state index contributed by atoms with van der Waals surface area (Å²) in [4.78, 5) is 0. The molecule has 4 nitrogen and oxygen atoms in total. The lowest BCUT2D eigenvalue weighted by molar-refractivity contribution is 0.456. The van der Waals surface area contributed by atoms with Gasteiger partial charge in [-0.2, -0.15) is 0 Å². The Balaban J connectivity index is 1.67. The molecule has 0 radical (unpaired) electrons. The Hall–Kier alpha value is -3.92. The first-order valence-corrected chi connectivity index (χ1v) is 12.2. The molecule has 4 rings (SSSR count). The number of aromatic hydroxyl groups is 4. The fourth-order valence-electron chi connectivity index (χ4n) is 4.92. The number of phenols is 4. The van der Waals surface area contributed by atoms with E-state index in [0.29, 0.717) is 19.3 Å². The average molecular weight is 483 g/mol. The predicted octanol–water partition coefficient (Wildman–Crippen LogP) is 6.82. The van der Waals surface area contributed by atoms with Gasteiger partial charge >= 0.3 is 0 Å². The van der Waals surface area contributed by atoms with Gasteiger partial charge in [-0.25, -0.2) is 0 Å². The van der Waals surface area contributed by atoms with Gasteiger partial charge in [-0.05, 0) is 96.8 Å². The minimum atomic E-state index is 0.235. The molecule has 0 spiro atoms. The molecule has 0 saturated carbocycles. The van der Waals surface area contributed by atoms with Crippen LogP contribution in [0.25, 0.3) is 0 Å². The second-order valence-electron chi connectivity index (χ2n) is 10.1. The highest BCUT2D eigenvalue weighted by Crippen LogP contribution is 2.35. The summed E-state index contributed by atoms with van der Waals surface area (Å²) in [6.07, 6.45) is 1.51. The van der Waals surface area contributed by atoms with Gasteiger partial charge in [0.15, 0.2) is 0 Å². The van der Waals surface area contributed by atoms with E-state index in [-0.39, 0.29) is 23.0 Å². The van der Waals surface area contributed by atoms with Crippen LogP contribution in [0.15, 0.2) is 54.6 Å². The zero-order valence-electron chi connectivity index (χ0n) is 21.6. The number of hydrogen-bond donors (Lipinski definition) is 4. The van der Waals surface area contributed by atoms with Crippen LogP contribution in [0.1, 0.15) is 61.2 Å². The van der Waals surface area contributed by atoms with Crippen molar-refractivity contribution in [3.63, 3.8) is 0 Å². The van der Waals surface area contributed by atoms with Crippen LogP contribution in [0.3, 0.4) is 0 Å². The molecule has 0 fully saturated rings. The van der Waals surface area contributed by atoms with Gasteiger partial charge in [0.25, 0.3) is 0 Å². The largest absolute Gasteiger partial charge is 0.508 e. The van der Waals surface area contributed by atoms with Crippen LogP contribution in [0, 0.1) is 34.6 Å². The topological polar surface area (TPSA) is 80.9 Å². The summed E-state index contributed by atoms with van der Waals surface area (Å²) < 4.78 is 0. The van der Waals surface area contributed by atoms with Crippen molar-refractivity contribution in [3.8, 4) is 23.0 Å². The first kappa shape index (κ1) is 25.2. The average Bonchev–Trinajstić information content (AvgIpc) is 2.80. The number of hydrogen-bond acceptors (Lipinski definition) is 4. The zero-order chi connectivity index (χ0) is 26.1. The molecular formula is C32H34O4. The molecule has 0 aliphatic rings. The maximum absolute atomic E-state index is 11.2. The quantitative estimate of drug-likeness (QED) is 0.243. The number of phenolic OH excluding ortho intramolecular Hbond substituents is 4. The smallest absolute Gasteiger partial charge is 0.122 e. The molecule has 4 heteroatoms. The molecule has 186 valence electrons. The molecule has 4 aromatic carbocycles. The Morgan fingerprint density at radius 1 is 0.444 bits per heavy atom. The summed E-state index contributed by atoms with van der Waals surface area (Å²) in [5.74, 6) is 1.01. The molecule has 4 aromatic rings. The van der Waals surface area contributed by atoms with Crippen molar-refractivity contribution >= 4 is 0 Å². The van der Waals surface area contributed by atoms with E-state index in [1.165, 1.54) is 0 Å². The molecule has 0 aliphatic heterocycles. The van der Waals surface area contributed by atoms with Crippen LogP contribution >= 0.6 is 0 Å². The van der Waals surface area contributed by atoms with Crippen molar-refractivity contribution in [2.24, 2.45) is 0 Å². The first-order chi connectivity index (χ1) is 17.0. The Kier molecular flexibility index (Phi) is 6.98. The highest BCUT2D eigenvalue weighted by molar-refractivity contribution is 5.53. The standard InChI is InChI=1S/C32H34O4/c1-18-8-25(15-23-6-7-29(33)21(4)12-23)31(35)27(10-18)17-28-11-19(2)9-26(32(28)36)16-24-13-22(5)30(34)14-20(24)3/h6-14,33-36H,15-17H2,1-5H3. The molecule has 0 aliphatic carbocycles. The number of rotatable bonds is 6. The van der Waals surface area contributed by atoms with Crippen molar-refractivity contribution in [1.82, 2.24) is 0 Å². The third kappa shape index (κ3) is 5.33. The van der Waals surface area contributed by atoms with Crippen LogP contribution in [-0.4, -0.2) is 20.4 Å². The SMILES string of the molecule is Cc1cc(Cc2ccc(O)c(C)c2)c(O)c(Cc2cc(C)cc(Cc3cc(C)c(O)cc3C)c2O)c1. The summed E-state index contributed by atoms with van der Waals surface area (Å²) >= 11 is 0. The van der Waals surface area contributed by atoms with Gasteiger partial charge in [-0.1, -0.05) is 53.6 Å². The molecule has 0 amide bonds. The van der Waals surface area contributed by atoms with E-state index in [1.54, 1.807) is 12.1 Å². The van der Waals surface area contributed by atoms with Crippen molar-refractivity contribution < 1.29 is 20.4 Å². The van der Waals surface area contributed by atoms with Crippen molar-refractivity contribution in [1.29, 1.82) is 0 Å². The summed E-state index contributed by atoms with van der Waals surface area (Å²) in [6, 6.07) is 17.1. The monoisotopic (exact) mass is 482 g/mol. The van der Waals surface area contributed by atoms with E-state index < -0.39 is 0 Å². The lowest BCUT2D eigenvalue weighted by Gasteiger charge is -2.16. The van der Waals surface area contributed by atoms with Crippen molar-refractivity contribution in [2.75, 3.05) is 0 Å². The number of aryl methyl sites for hydroxylation is 5. The van der Waals surface area contributed by atoms with Crippen LogP contribution in [0.4, 0.5) is 0 Å². The van der Waals surface area contributed by atoms with Gasteiger partial charge in [0.05, 0.1) is 0 Å². The van der Waals surface area contributed by atoms with E-state index in [9.17, 15) is 20.4 Å². The maximum Gasteiger partial charge on any atom is 0.122 e. The Morgan fingerprint density at radius 3 is 1.44 bits per heavy atom. The lowest BCUT2D eigenvalue weighted by Crippen LogP contribution is -2.00. The van der Waals surface area contributed by atoms with Crippen LogP contribution < -0.4 is 0 Å². The molecular weight excluding hydrogens is 448 g/mol. The normalized spacial score (nSPS) is 11.1. The van der Waals surface area contributed by atoms with Gasteiger partial charge in [-0.3, -0.25) is 0 Å². The fraction of sp³-hybridized carbons (Fsp3) is 0.250. The lowest BCUT2D eigenvalue weighted by atomic mass is 9.91. The molecule has 0 heterocycles. The number of benzene rings is 4. The van der Waals surface area contributed by atoms with E-state index >= 15 is 0 Å². The molecule has 0 unspecified atom stereocenters. The molecule has 0 saturated heterocycles. The van der Waals surface area contributed by atoms with Gasteiger partial charge in [0, 0.05) is 19.3 Å². The zero-order valence-corrected chi connectivity index (χ0v) is 21.6. The third-order valence-corrected chi connectivity index (χ3v) is 6.90. The second kappa shape index (κ2) is 9.98. The van der Waals surface area contributed by atoms with Crippen LogP contribution in [0.5, 0.6) is 23.0 Å². The molecule has 0 atom stereocenters. The van der Waals surface area contributed by atoms with Crippen LogP contribution in [0.2, 0.25) is 0 Å². The summed E-state index contributed by atoms with van der Waals surface area (Å²) in [5, 5.41) is 42.2. The van der Waals surface area contributed by atoms with E-state index in [4.69, 9.17) is 0 Å². The van der Waals surface area contributed by atoms with Gasteiger partial charge in [-0.15, -0.1) is 0 Å². The molecule has 0 aromatic heterocycles. The summed E-state index contributed by atoms with van der Waals surface area (Å²) in [5.41, 5.74) is 9.91. The second-order valence-corrected chi connectivity index (χ2v) is 10.1. The summed E-state index contributed by atoms with van der Waals surface area (Å²) in [6.45, 7) is 9.71. The minimum Gasteiger partial charge on any atom is -0.508 e.